The van der Waals surface area contributed by atoms with E-state index in [0.29, 0.717) is 55.7 Å². The highest BCUT2D eigenvalue weighted by Crippen LogP contribution is 2.41. The Balaban J connectivity index is 1.30. The van der Waals surface area contributed by atoms with E-state index >= 15 is 0 Å². The van der Waals surface area contributed by atoms with Crippen molar-refractivity contribution < 1.29 is 32.0 Å². The van der Waals surface area contributed by atoms with E-state index in [1.165, 1.54) is 24.3 Å². The summed E-state index contributed by atoms with van der Waals surface area (Å²) in [6, 6.07) is 5.50. The molecule has 3 heterocycles. The van der Waals surface area contributed by atoms with Gasteiger partial charge in [0.2, 0.25) is 0 Å². The SMILES string of the molecule is Cc1c(N2CCC(c3nc4c(s3)CCCC4=NOC(=O)c3ccccc3F)CC2)c(C(F)(F)F)nn1CC=O. The van der Waals surface area contributed by atoms with Crippen LogP contribution in [0.5, 0.6) is 0 Å². The van der Waals surface area contributed by atoms with Gasteiger partial charge in [-0.3, -0.25) is 4.68 Å². The van der Waals surface area contributed by atoms with Crippen LogP contribution in [-0.4, -0.2) is 45.8 Å². The molecule has 3 aromatic rings. The highest BCUT2D eigenvalue weighted by molar-refractivity contribution is 7.12. The van der Waals surface area contributed by atoms with Gasteiger partial charge in [-0.05, 0) is 51.2 Å². The Hall–Kier alpha value is -3.61. The molecule has 0 spiro atoms. The maximum Gasteiger partial charge on any atom is 0.437 e. The van der Waals surface area contributed by atoms with Crippen LogP contribution in [0, 0.1) is 12.7 Å². The number of halogens is 4. The predicted octanol–water partition coefficient (Wildman–Crippen LogP) is 5.29. The van der Waals surface area contributed by atoms with Gasteiger partial charge in [0, 0.05) is 23.9 Å². The standard InChI is InChI=1S/C26H25F4N5O3S/c1-15-22(23(26(28,29)30)32-35(15)13-14-36)34-11-9-16(10-12-34)24-31-21-19(7-4-8-20(21)39-24)33-38-25(37)17-5-2-3-6-18(17)27/h2-3,5-6,14,16H,4,7-13H2,1H3. The number of aromatic nitrogens is 3. The highest BCUT2D eigenvalue weighted by atomic mass is 32.1. The maximum atomic E-state index is 13.9. The number of fused-ring (bicyclic) bond motifs is 1. The van der Waals surface area contributed by atoms with E-state index in [1.54, 1.807) is 23.2 Å². The number of carbonyl (C=O) groups is 2. The monoisotopic (exact) mass is 563 g/mol. The molecule has 2 aromatic heterocycles. The zero-order valence-electron chi connectivity index (χ0n) is 21.0. The maximum absolute atomic E-state index is 13.9. The fourth-order valence-electron chi connectivity index (χ4n) is 5.04. The number of anilines is 1. The molecule has 0 unspecified atom stereocenters. The third-order valence-electron chi connectivity index (χ3n) is 6.99. The molecule has 0 radical (unpaired) electrons. The van der Waals surface area contributed by atoms with E-state index in [0.717, 1.165) is 27.4 Å². The molecule has 0 saturated carbocycles. The van der Waals surface area contributed by atoms with Crippen LogP contribution in [-0.2, 0) is 28.8 Å². The number of thiazole rings is 1. The molecule has 1 aliphatic heterocycles. The van der Waals surface area contributed by atoms with Crippen LogP contribution in [0.4, 0.5) is 23.2 Å². The van der Waals surface area contributed by atoms with Crippen LogP contribution in [0.3, 0.4) is 0 Å². The summed E-state index contributed by atoms with van der Waals surface area (Å²) in [4.78, 5) is 35.7. The lowest BCUT2D eigenvalue weighted by atomic mass is 9.96. The second kappa shape index (κ2) is 10.9. The molecule has 0 atom stereocenters. The van der Waals surface area contributed by atoms with Gasteiger partial charge in [0.05, 0.1) is 28.5 Å². The number of alkyl halides is 3. The Kier molecular flexibility index (Phi) is 7.52. The molecular weight excluding hydrogens is 538 g/mol. The van der Waals surface area contributed by atoms with E-state index in [4.69, 9.17) is 9.82 Å². The number of aryl methyl sites for hydroxylation is 1. The van der Waals surface area contributed by atoms with Gasteiger partial charge in [0.25, 0.3) is 0 Å². The minimum atomic E-state index is -4.63. The summed E-state index contributed by atoms with van der Waals surface area (Å²) in [7, 11) is 0. The Morgan fingerprint density at radius 2 is 1.97 bits per heavy atom. The number of hydrogen-bond donors (Lipinski definition) is 0. The number of benzene rings is 1. The molecule has 1 aliphatic carbocycles. The molecule has 39 heavy (non-hydrogen) atoms. The van der Waals surface area contributed by atoms with Crippen molar-refractivity contribution in [3.63, 3.8) is 0 Å². The summed E-state index contributed by atoms with van der Waals surface area (Å²) in [6.07, 6.45) is -0.760. The lowest BCUT2D eigenvalue weighted by Gasteiger charge is -2.33. The molecule has 0 bridgehead atoms. The zero-order chi connectivity index (χ0) is 27.7. The van der Waals surface area contributed by atoms with Crippen molar-refractivity contribution in [2.45, 2.75) is 57.7 Å². The second-order valence-corrected chi connectivity index (χ2v) is 10.6. The van der Waals surface area contributed by atoms with Crippen LogP contribution in [0.15, 0.2) is 29.4 Å². The molecule has 1 fully saturated rings. The Bertz CT molecular complexity index is 1420. The van der Waals surface area contributed by atoms with Crippen LogP contribution >= 0.6 is 11.3 Å². The zero-order valence-corrected chi connectivity index (χ0v) is 21.8. The summed E-state index contributed by atoms with van der Waals surface area (Å²) < 4.78 is 56.1. The van der Waals surface area contributed by atoms with Crippen molar-refractivity contribution in [2.24, 2.45) is 5.16 Å². The number of hydrogen-bond acceptors (Lipinski definition) is 8. The van der Waals surface area contributed by atoms with E-state index in [-0.39, 0.29) is 23.7 Å². The van der Waals surface area contributed by atoms with E-state index in [2.05, 4.69) is 10.3 Å². The number of rotatable bonds is 6. The van der Waals surface area contributed by atoms with Gasteiger partial charge in [0.15, 0.2) is 5.69 Å². The quantitative estimate of drug-likeness (QED) is 0.175. The first-order valence-corrected chi connectivity index (χ1v) is 13.3. The average Bonchev–Trinajstić information content (AvgIpc) is 3.50. The van der Waals surface area contributed by atoms with Gasteiger partial charge in [-0.25, -0.2) is 14.2 Å². The number of aldehydes is 1. The Labute approximate surface area is 225 Å². The smallest absolute Gasteiger partial charge is 0.368 e. The highest BCUT2D eigenvalue weighted by Gasteiger charge is 2.41. The summed E-state index contributed by atoms with van der Waals surface area (Å²) >= 11 is 1.55. The Morgan fingerprint density at radius 1 is 1.23 bits per heavy atom. The van der Waals surface area contributed by atoms with Gasteiger partial charge < -0.3 is 14.5 Å². The third-order valence-corrected chi connectivity index (χ3v) is 8.27. The molecule has 1 saturated heterocycles. The predicted molar refractivity (Wildman–Crippen MR) is 136 cm³/mol. The van der Waals surface area contributed by atoms with Crippen molar-refractivity contribution >= 4 is 35.0 Å². The largest absolute Gasteiger partial charge is 0.437 e. The van der Waals surface area contributed by atoms with Crippen molar-refractivity contribution in [1.29, 1.82) is 0 Å². The van der Waals surface area contributed by atoms with E-state index in [1.807, 2.05) is 0 Å². The molecular formula is C26H25F4N5O3S. The van der Waals surface area contributed by atoms with E-state index < -0.39 is 23.7 Å². The topological polar surface area (TPSA) is 89.7 Å². The van der Waals surface area contributed by atoms with E-state index in [9.17, 15) is 27.2 Å². The van der Waals surface area contributed by atoms with Crippen molar-refractivity contribution in [1.82, 2.24) is 14.8 Å². The van der Waals surface area contributed by atoms with Gasteiger partial charge in [0.1, 0.15) is 23.5 Å². The van der Waals surface area contributed by atoms with Gasteiger partial charge in [-0.1, -0.05) is 17.3 Å². The summed E-state index contributed by atoms with van der Waals surface area (Å²) in [5.41, 5.74) is 0.333. The number of oxime groups is 1. The molecule has 0 amide bonds. The second-order valence-electron chi connectivity index (χ2n) is 9.46. The summed E-state index contributed by atoms with van der Waals surface area (Å²) in [5, 5.41) is 8.55. The minimum Gasteiger partial charge on any atom is -0.368 e. The van der Waals surface area contributed by atoms with Crippen LogP contribution in [0.25, 0.3) is 0 Å². The number of nitrogens with zero attached hydrogens (tertiary/aromatic N) is 5. The molecule has 13 heteroatoms. The fourth-order valence-corrected chi connectivity index (χ4v) is 6.34. The lowest BCUT2D eigenvalue weighted by molar-refractivity contribution is -0.141. The first-order valence-electron chi connectivity index (χ1n) is 12.5. The molecule has 206 valence electrons. The van der Waals surface area contributed by atoms with Crippen molar-refractivity contribution in [3.8, 4) is 0 Å². The van der Waals surface area contributed by atoms with Gasteiger partial charge >= 0.3 is 12.1 Å². The molecule has 2 aliphatic rings. The molecule has 5 rings (SSSR count). The fraction of sp³-hybridized carbons (Fsp3) is 0.423. The van der Waals surface area contributed by atoms with Crippen LogP contribution < -0.4 is 4.90 Å². The van der Waals surface area contributed by atoms with Crippen molar-refractivity contribution in [2.75, 3.05) is 18.0 Å². The average molecular weight is 564 g/mol. The van der Waals surface area contributed by atoms with Crippen LogP contribution in [0.1, 0.15) is 68.9 Å². The molecule has 0 N–H and O–H groups in total. The minimum absolute atomic E-state index is 0.0207. The number of carbonyl (C=O) groups excluding carboxylic acids is 2. The Morgan fingerprint density at radius 3 is 2.67 bits per heavy atom. The van der Waals surface area contributed by atoms with Gasteiger partial charge in [-0.15, -0.1) is 11.3 Å². The summed E-state index contributed by atoms with van der Waals surface area (Å²) in [6.45, 7) is 2.07. The van der Waals surface area contributed by atoms with Crippen molar-refractivity contribution in [3.05, 3.63) is 62.6 Å². The summed E-state index contributed by atoms with van der Waals surface area (Å²) in [5.74, 6) is -1.53. The lowest BCUT2D eigenvalue weighted by Crippen LogP contribution is -2.34. The molecule has 8 nitrogen and oxygen atoms in total. The number of piperidine rings is 1. The van der Waals surface area contributed by atoms with Gasteiger partial charge in [-0.2, -0.15) is 18.3 Å². The third kappa shape index (κ3) is 5.45. The first-order chi connectivity index (χ1) is 18.7. The molecule has 1 aromatic carbocycles. The normalized spacial score (nSPS) is 17.4. The van der Waals surface area contributed by atoms with Crippen LogP contribution in [0.2, 0.25) is 0 Å². The first kappa shape index (κ1) is 27.0.